The molecule has 0 spiro atoms. The topological polar surface area (TPSA) is 17.0 Å². The van der Waals surface area contributed by atoms with Crippen LogP contribution in [0.4, 0.5) is 8.78 Å². The minimum absolute atomic E-state index is 0.304. The zero-order valence-electron chi connectivity index (χ0n) is 11.9. The summed E-state index contributed by atoms with van der Waals surface area (Å²) in [6.45, 7) is 5.44. The van der Waals surface area contributed by atoms with E-state index >= 15 is 0 Å². The second-order valence-electron chi connectivity index (χ2n) is 4.85. The molecule has 20 heavy (non-hydrogen) atoms. The van der Waals surface area contributed by atoms with E-state index in [0.29, 0.717) is 18.2 Å². The molecule has 1 aromatic heterocycles. The molecule has 0 bridgehead atoms. The smallest absolute Gasteiger partial charge is 0.163 e. The van der Waals surface area contributed by atoms with E-state index in [-0.39, 0.29) is 0 Å². The molecule has 1 atom stereocenters. The lowest BCUT2D eigenvalue weighted by Gasteiger charge is -2.14. The number of nitrogens with zero attached hydrogens (tertiary/aromatic N) is 1. The second kappa shape index (κ2) is 6.66. The Morgan fingerprint density at radius 2 is 2.00 bits per heavy atom. The van der Waals surface area contributed by atoms with E-state index in [1.54, 1.807) is 6.07 Å². The highest BCUT2D eigenvalue weighted by molar-refractivity contribution is 5.21. The maximum atomic E-state index is 13.6. The molecule has 1 unspecified atom stereocenters. The molecule has 0 amide bonds. The molecule has 2 nitrogen and oxygen atoms in total. The molecule has 0 aliphatic carbocycles. The Bertz CT molecular complexity index is 563. The Morgan fingerprint density at radius 1 is 1.20 bits per heavy atom. The van der Waals surface area contributed by atoms with Gasteiger partial charge in [-0.1, -0.05) is 26.0 Å². The first-order chi connectivity index (χ1) is 9.65. The van der Waals surface area contributed by atoms with Crippen LogP contribution in [0.2, 0.25) is 0 Å². The summed E-state index contributed by atoms with van der Waals surface area (Å²) in [5.74, 6) is -1.56. The fraction of sp³-hybridized carbons (Fsp3) is 0.375. The van der Waals surface area contributed by atoms with Crippen LogP contribution in [0.3, 0.4) is 0 Å². The van der Waals surface area contributed by atoms with Gasteiger partial charge in [0.2, 0.25) is 0 Å². The zero-order chi connectivity index (χ0) is 14.5. The number of benzene rings is 1. The van der Waals surface area contributed by atoms with E-state index in [2.05, 4.69) is 19.2 Å². The van der Waals surface area contributed by atoms with Gasteiger partial charge >= 0.3 is 0 Å². The van der Waals surface area contributed by atoms with Crippen LogP contribution in [0.25, 0.3) is 0 Å². The van der Waals surface area contributed by atoms with E-state index in [0.717, 1.165) is 19.0 Å². The van der Waals surface area contributed by atoms with Crippen molar-refractivity contribution >= 4 is 0 Å². The summed E-state index contributed by atoms with van der Waals surface area (Å²) in [5, 5.41) is 3.40. The number of hydrogen-bond acceptors (Lipinski definition) is 1. The molecule has 2 rings (SSSR count). The maximum Gasteiger partial charge on any atom is 0.163 e. The highest BCUT2D eigenvalue weighted by atomic mass is 19.2. The molecular weight excluding hydrogens is 258 g/mol. The van der Waals surface area contributed by atoms with Crippen LogP contribution in [0.1, 0.15) is 37.4 Å². The van der Waals surface area contributed by atoms with E-state index in [1.807, 2.05) is 23.0 Å². The van der Waals surface area contributed by atoms with Crippen molar-refractivity contribution in [2.45, 2.75) is 32.9 Å². The van der Waals surface area contributed by atoms with Crippen LogP contribution in [-0.4, -0.2) is 11.1 Å². The van der Waals surface area contributed by atoms with Gasteiger partial charge in [-0.2, -0.15) is 0 Å². The Hall–Kier alpha value is -1.68. The fourth-order valence-electron chi connectivity index (χ4n) is 2.38. The summed E-state index contributed by atoms with van der Waals surface area (Å²) >= 11 is 0. The molecule has 0 fully saturated rings. The van der Waals surface area contributed by atoms with Gasteiger partial charge in [0.15, 0.2) is 11.6 Å². The molecule has 1 aromatic carbocycles. The van der Waals surface area contributed by atoms with Gasteiger partial charge < -0.3 is 9.88 Å². The summed E-state index contributed by atoms with van der Waals surface area (Å²) in [5.41, 5.74) is 1.54. The van der Waals surface area contributed by atoms with Crippen molar-refractivity contribution in [1.82, 2.24) is 9.88 Å². The van der Waals surface area contributed by atoms with Crippen LogP contribution in [0.15, 0.2) is 36.7 Å². The summed E-state index contributed by atoms with van der Waals surface area (Å²) in [7, 11) is 0. The van der Waals surface area contributed by atoms with Crippen LogP contribution >= 0.6 is 0 Å². The quantitative estimate of drug-likeness (QED) is 0.848. The van der Waals surface area contributed by atoms with Crippen LogP contribution in [0.5, 0.6) is 0 Å². The molecule has 2 aromatic rings. The number of halogens is 2. The second-order valence-corrected chi connectivity index (χ2v) is 4.85. The van der Waals surface area contributed by atoms with Crippen molar-refractivity contribution in [2.75, 3.05) is 6.54 Å². The molecule has 1 heterocycles. The van der Waals surface area contributed by atoms with E-state index in [4.69, 9.17) is 0 Å². The minimum atomic E-state index is -0.797. The molecular formula is C16H20F2N2. The van der Waals surface area contributed by atoms with Crippen molar-refractivity contribution in [1.29, 1.82) is 0 Å². The summed E-state index contributed by atoms with van der Waals surface area (Å²) < 4.78 is 28.7. The Morgan fingerprint density at radius 3 is 2.70 bits per heavy atom. The minimum Gasteiger partial charge on any atom is -0.349 e. The average molecular weight is 278 g/mol. The standard InChI is InChI=1S/C16H20F2N2/c1-3-15(19-4-2)12-8-9-20(10-12)11-13-6-5-7-14(17)16(13)18/h5-10,15,19H,3-4,11H2,1-2H3. The van der Waals surface area contributed by atoms with Gasteiger partial charge in [-0.3, -0.25) is 0 Å². The van der Waals surface area contributed by atoms with Gasteiger partial charge in [-0.15, -0.1) is 0 Å². The van der Waals surface area contributed by atoms with Gasteiger partial charge in [0.25, 0.3) is 0 Å². The first-order valence-corrected chi connectivity index (χ1v) is 6.97. The molecule has 0 saturated heterocycles. The molecule has 4 heteroatoms. The molecule has 0 radical (unpaired) electrons. The Kier molecular flexibility index (Phi) is 4.90. The normalized spacial score (nSPS) is 12.6. The molecule has 0 saturated carbocycles. The SMILES string of the molecule is CCNC(CC)c1ccn(Cc2cccc(F)c2F)c1. The van der Waals surface area contributed by atoms with Crippen molar-refractivity contribution < 1.29 is 8.78 Å². The van der Waals surface area contributed by atoms with Gasteiger partial charge in [-0.05, 0) is 30.7 Å². The molecule has 0 aliphatic heterocycles. The van der Waals surface area contributed by atoms with E-state index in [9.17, 15) is 8.78 Å². The lowest BCUT2D eigenvalue weighted by molar-refractivity contribution is 0.495. The molecule has 0 aliphatic rings. The number of nitrogens with one attached hydrogen (secondary N) is 1. The first-order valence-electron chi connectivity index (χ1n) is 6.97. The lowest BCUT2D eigenvalue weighted by atomic mass is 10.1. The van der Waals surface area contributed by atoms with Crippen molar-refractivity contribution in [2.24, 2.45) is 0 Å². The summed E-state index contributed by atoms with van der Waals surface area (Å²) in [4.78, 5) is 0. The van der Waals surface area contributed by atoms with Crippen LogP contribution in [-0.2, 0) is 6.54 Å². The van der Waals surface area contributed by atoms with Gasteiger partial charge in [0.1, 0.15) is 0 Å². The molecule has 1 N–H and O–H groups in total. The predicted molar refractivity (Wildman–Crippen MR) is 76.6 cm³/mol. The summed E-state index contributed by atoms with van der Waals surface area (Å²) in [6, 6.07) is 6.61. The predicted octanol–water partition coefficient (Wildman–Crippen LogP) is 3.88. The van der Waals surface area contributed by atoms with E-state index < -0.39 is 11.6 Å². The maximum absolute atomic E-state index is 13.6. The Labute approximate surface area is 118 Å². The molecule has 108 valence electrons. The monoisotopic (exact) mass is 278 g/mol. The zero-order valence-corrected chi connectivity index (χ0v) is 11.9. The van der Waals surface area contributed by atoms with Crippen molar-refractivity contribution in [3.05, 3.63) is 59.4 Å². The Balaban J connectivity index is 2.15. The van der Waals surface area contributed by atoms with Crippen LogP contribution in [0, 0.1) is 11.6 Å². The third-order valence-corrected chi connectivity index (χ3v) is 3.42. The highest BCUT2D eigenvalue weighted by Crippen LogP contribution is 2.18. The van der Waals surface area contributed by atoms with E-state index in [1.165, 1.54) is 11.6 Å². The fourth-order valence-corrected chi connectivity index (χ4v) is 2.38. The highest BCUT2D eigenvalue weighted by Gasteiger charge is 2.11. The number of rotatable bonds is 6. The van der Waals surface area contributed by atoms with Gasteiger partial charge in [-0.25, -0.2) is 8.78 Å². The van der Waals surface area contributed by atoms with Crippen molar-refractivity contribution in [3.8, 4) is 0 Å². The average Bonchev–Trinajstić information content (AvgIpc) is 2.89. The van der Waals surface area contributed by atoms with Gasteiger partial charge in [0, 0.05) is 30.5 Å². The van der Waals surface area contributed by atoms with Gasteiger partial charge in [0.05, 0.1) is 0 Å². The third-order valence-electron chi connectivity index (χ3n) is 3.42. The number of aromatic nitrogens is 1. The summed E-state index contributed by atoms with van der Waals surface area (Å²) in [6.07, 6.45) is 4.88. The first kappa shape index (κ1) is 14.7. The lowest BCUT2D eigenvalue weighted by Crippen LogP contribution is -2.19. The van der Waals surface area contributed by atoms with Crippen LogP contribution < -0.4 is 5.32 Å². The van der Waals surface area contributed by atoms with Crippen molar-refractivity contribution in [3.63, 3.8) is 0 Å². The largest absolute Gasteiger partial charge is 0.349 e. The third kappa shape index (κ3) is 3.25. The number of hydrogen-bond donors (Lipinski definition) is 1.